The normalized spacial score (nSPS) is 15.6. The molecule has 0 bridgehead atoms. The van der Waals surface area contributed by atoms with E-state index in [1.807, 2.05) is 25.1 Å². The zero-order chi connectivity index (χ0) is 21.9. The Hall–Kier alpha value is -2.87. The highest BCUT2D eigenvalue weighted by Gasteiger charge is 2.30. The van der Waals surface area contributed by atoms with Crippen LogP contribution in [0.3, 0.4) is 0 Å². The largest absolute Gasteiger partial charge is 0.496 e. The average molecular weight is 431 g/mol. The predicted octanol–water partition coefficient (Wildman–Crippen LogP) is 2.47. The van der Waals surface area contributed by atoms with Crippen molar-refractivity contribution in [3.8, 4) is 5.75 Å². The summed E-state index contributed by atoms with van der Waals surface area (Å²) in [6.45, 7) is 3.70. The minimum absolute atomic E-state index is 0.00351. The zero-order valence-electron chi connectivity index (χ0n) is 17.3. The molecule has 0 aliphatic carbocycles. The van der Waals surface area contributed by atoms with E-state index in [0.29, 0.717) is 12.2 Å². The molecule has 2 aromatic carbocycles. The van der Waals surface area contributed by atoms with Crippen LogP contribution < -0.4 is 15.0 Å². The first-order valence-corrected chi connectivity index (χ1v) is 11.4. The molecule has 160 valence electrons. The number of nitrogens with one attached hydrogen (secondary N) is 1. The number of amides is 2. The van der Waals surface area contributed by atoms with Gasteiger partial charge in [-0.2, -0.15) is 0 Å². The third-order valence-corrected chi connectivity index (χ3v) is 6.95. The number of nitrogens with zero attached hydrogens (tertiary/aromatic N) is 1. The lowest BCUT2D eigenvalue weighted by atomic mass is 10.1. The molecule has 8 heteroatoms. The van der Waals surface area contributed by atoms with Crippen LogP contribution in [0.25, 0.3) is 0 Å². The Morgan fingerprint density at radius 2 is 1.93 bits per heavy atom. The monoisotopic (exact) mass is 430 g/mol. The Balaban J connectivity index is 1.62. The highest BCUT2D eigenvalue weighted by Crippen LogP contribution is 2.34. The first kappa shape index (κ1) is 21.8. The molecule has 0 saturated carbocycles. The number of anilines is 1. The van der Waals surface area contributed by atoms with Gasteiger partial charge < -0.3 is 15.0 Å². The van der Waals surface area contributed by atoms with E-state index in [1.165, 1.54) is 13.0 Å². The van der Waals surface area contributed by atoms with Gasteiger partial charge >= 0.3 is 0 Å². The standard InChI is InChI=1S/C22H26N2O5S/c1-15-12-18-13-19(8-9-20(18)24(15)16(2)25)30(27,28)11-10-22(26)23-14-17-6-4-5-7-21(17)29-3/h4-9,13,15H,10-12,14H2,1-3H3,(H,23,26)/t15-/m0/s1. The molecule has 0 fully saturated rings. The molecule has 0 aromatic heterocycles. The number of fused-ring (bicyclic) bond motifs is 1. The van der Waals surface area contributed by atoms with Gasteiger partial charge in [-0.3, -0.25) is 9.59 Å². The van der Waals surface area contributed by atoms with Crippen molar-refractivity contribution in [2.24, 2.45) is 0 Å². The molecule has 0 saturated heterocycles. The summed E-state index contributed by atoms with van der Waals surface area (Å²) < 4.78 is 30.7. The van der Waals surface area contributed by atoms with Crippen LogP contribution in [0.5, 0.6) is 5.75 Å². The topological polar surface area (TPSA) is 92.8 Å². The van der Waals surface area contributed by atoms with Crippen molar-refractivity contribution in [3.63, 3.8) is 0 Å². The Morgan fingerprint density at radius 1 is 1.20 bits per heavy atom. The van der Waals surface area contributed by atoms with E-state index in [-0.39, 0.29) is 41.5 Å². The molecular formula is C22H26N2O5S. The van der Waals surface area contributed by atoms with Gasteiger partial charge in [0.15, 0.2) is 9.84 Å². The van der Waals surface area contributed by atoms with E-state index in [0.717, 1.165) is 16.8 Å². The van der Waals surface area contributed by atoms with Crippen molar-refractivity contribution < 1.29 is 22.7 Å². The molecule has 2 amide bonds. The molecule has 2 aromatic rings. The summed E-state index contributed by atoms with van der Waals surface area (Å²) in [6, 6.07) is 12.1. The molecule has 30 heavy (non-hydrogen) atoms. The maximum Gasteiger partial charge on any atom is 0.224 e. The third kappa shape index (κ3) is 4.64. The van der Waals surface area contributed by atoms with Gasteiger partial charge in [0.1, 0.15) is 5.75 Å². The van der Waals surface area contributed by atoms with Crippen LogP contribution in [0.15, 0.2) is 47.4 Å². The minimum Gasteiger partial charge on any atom is -0.496 e. The molecule has 0 radical (unpaired) electrons. The Kier molecular flexibility index (Phi) is 6.45. The molecule has 1 aliphatic rings. The van der Waals surface area contributed by atoms with E-state index in [2.05, 4.69) is 5.32 Å². The highest BCUT2D eigenvalue weighted by molar-refractivity contribution is 7.91. The van der Waals surface area contributed by atoms with Crippen LogP contribution in [0.1, 0.15) is 31.4 Å². The fraction of sp³-hybridized carbons (Fsp3) is 0.364. The van der Waals surface area contributed by atoms with Crippen molar-refractivity contribution in [3.05, 3.63) is 53.6 Å². The number of carbonyl (C=O) groups is 2. The van der Waals surface area contributed by atoms with Crippen LogP contribution in [0.2, 0.25) is 0 Å². The number of hydrogen-bond donors (Lipinski definition) is 1. The van der Waals surface area contributed by atoms with Crippen molar-refractivity contribution in [1.82, 2.24) is 5.32 Å². The van der Waals surface area contributed by atoms with Crippen LogP contribution in [0.4, 0.5) is 5.69 Å². The van der Waals surface area contributed by atoms with Crippen molar-refractivity contribution in [2.45, 2.75) is 44.2 Å². The van der Waals surface area contributed by atoms with E-state index in [4.69, 9.17) is 4.74 Å². The maximum absolute atomic E-state index is 12.7. The predicted molar refractivity (Wildman–Crippen MR) is 114 cm³/mol. The van der Waals surface area contributed by atoms with Crippen LogP contribution >= 0.6 is 0 Å². The summed E-state index contributed by atoms with van der Waals surface area (Å²) in [5.41, 5.74) is 2.40. The van der Waals surface area contributed by atoms with Gasteiger partial charge in [0.25, 0.3) is 0 Å². The smallest absolute Gasteiger partial charge is 0.224 e. The SMILES string of the molecule is COc1ccccc1CNC(=O)CCS(=O)(=O)c1ccc2c(c1)C[C@H](C)N2C(C)=O. The fourth-order valence-corrected chi connectivity index (χ4v) is 5.04. The van der Waals surface area contributed by atoms with Crippen LogP contribution in [-0.2, 0) is 32.4 Å². The van der Waals surface area contributed by atoms with Crippen LogP contribution in [0, 0.1) is 0 Å². The number of rotatable bonds is 7. The third-order valence-electron chi connectivity index (χ3n) is 5.23. The van der Waals surface area contributed by atoms with Gasteiger partial charge in [0, 0.05) is 37.2 Å². The van der Waals surface area contributed by atoms with E-state index < -0.39 is 9.84 Å². The van der Waals surface area contributed by atoms with Crippen molar-refractivity contribution >= 4 is 27.3 Å². The molecule has 0 unspecified atom stereocenters. The van der Waals surface area contributed by atoms with Gasteiger partial charge in [-0.1, -0.05) is 18.2 Å². The lowest BCUT2D eigenvalue weighted by Crippen LogP contribution is -2.33. The summed E-state index contributed by atoms with van der Waals surface area (Å²) in [7, 11) is -2.06. The summed E-state index contributed by atoms with van der Waals surface area (Å²) in [5, 5.41) is 2.74. The van der Waals surface area contributed by atoms with Gasteiger partial charge in [0.05, 0.1) is 17.8 Å². The quantitative estimate of drug-likeness (QED) is 0.729. The number of carbonyl (C=O) groups excluding carboxylic acids is 2. The molecule has 1 N–H and O–H groups in total. The number of sulfone groups is 1. The second kappa shape index (κ2) is 8.87. The first-order valence-electron chi connectivity index (χ1n) is 9.77. The van der Waals surface area contributed by atoms with E-state index >= 15 is 0 Å². The molecule has 7 nitrogen and oxygen atoms in total. The first-order chi connectivity index (χ1) is 14.2. The maximum atomic E-state index is 12.7. The minimum atomic E-state index is -3.62. The molecule has 1 aliphatic heterocycles. The molecule has 0 spiro atoms. The summed E-state index contributed by atoms with van der Waals surface area (Å²) >= 11 is 0. The van der Waals surface area contributed by atoms with Gasteiger partial charge in [-0.15, -0.1) is 0 Å². The van der Waals surface area contributed by atoms with Gasteiger partial charge in [0.2, 0.25) is 11.8 Å². The molecule has 1 atom stereocenters. The number of hydrogen-bond acceptors (Lipinski definition) is 5. The van der Waals surface area contributed by atoms with Gasteiger partial charge in [-0.25, -0.2) is 8.42 Å². The summed E-state index contributed by atoms with van der Waals surface area (Å²) in [5.74, 6) is -0.0295. The van der Waals surface area contributed by atoms with Crippen LogP contribution in [-0.4, -0.2) is 39.1 Å². The molecule has 3 rings (SSSR count). The lowest BCUT2D eigenvalue weighted by molar-refractivity contribution is -0.121. The number of para-hydroxylation sites is 1. The Bertz CT molecular complexity index is 1060. The second-order valence-corrected chi connectivity index (χ2v) is 9.50. The summed E-state index contributed by atoms with van der Waals surface area (Å²) in [4.78, 5) is 25.9. The highest BCUT2D eigenvalue weighted by atomic mass is 32.2. The van der Waals surface area contributed by atoms with Gasteiger partial charge in [-0.05, 0) is 43.2 Å². The van der Waals surface area contributed by atoms with Crippen molar-refractivity contribution in [1.29, 1.82) is 0 Å². The number of benzene rings is 2. The Labute approximate surface area is 177 Å². The average Bonchev–Trinajstić information content (AvgIpc) is 3.06. The lowest BCUT2D eigenvalue weighted by Gasteiger charge is -2.20. The van der Waals surface area contributed by atoms with Crippen molar-refractivity contribution in [2.75, 3.05) is 17.8 Å². The number of ether oxygens (including phenoxy) is 1. The second-order valence-electron chi connectivity index (χ2n) is 7.39. The number of methoxy groups -OCH3 is 1. The van der Waals surface area contributed by atoms with E-state index in [9.17, 15) is 18.0 Å². The zero-order valence-corrected chi connectivity index (χ0v) is 18.2. The van der Waals surface area contributed by atoms with E-state index in [1.54, 1.807) is 30.2 Å². The summed E-state index contributed by atoms with van der Waals surface area (Å²) in [6.07, 6.45) is 0.474. The molecule has 1 heterocycles. The fourth-order valence-electron chi connectivity index (χ4n) is 3.76. The Morgan fingerprint density at radius 3 is 2.63 bits per heavy atom. The molecular weight excluding hydrogens is 404 g/mol.